The van der Waals surface area contributed by atoms with Gasteiger partial charge in [-0.1, -0.05) is 24.9 Å². The number of nitrogen functional groups attached to an aromatic ring is 1. The summed E-state index contributed by atoms with van der Waals surface area (Å²) in [6, 6.07) is 6.60. The maximum atomic E-state index is 12.2. The largest absolute Gasteiger partial charge is 0.395 e. The summed E-state index contributed by atoms with van der Waals surface area (Å²) in [5.41, 5.74) is 7.84. The SMILES string of the molecule is CCCc1[nH]nc(C(=O)Nc2cc(C#N)ccc2Cl)c1N. The Morgan fingerprint density at radius 2 is 2.33 bits per heavy atom. The molecule has 6 nitrogen and oxygen atoms in total. The van der Waals surface area contributed by atoms with Crippen LogP contribution in [0, 0.1) is 11.3 Å². The highest BCUT2D eigenvalue weighted by Gasteiger charge is 2.18. The predicted octanol–water partition coefficient (Wildman–Crippen LogP) is 2.72. The minimum absolute atomic E-state index is 0.122. The number of nitrogens with one attached hydrogen (secondary N) is 2. The van der Waals surface area contributed by atoms with Gasteiger partial charge >= 0.3 is 0 Å². The molecule has 4 N–H and O–H groups in total. The number of nitrogens with zero attached hydrogens (tertiary/aromatic N) is 2. The van der Waals surface area contributed by atoms with Crippen LogP contribution in [-0.4, -0.2) is 16.1 Å². The molecule has 2 rings (SSSR count). The molecule has 108 valence electrons. The van der Waals surface area contributed by atoms with E-state index >= 15 is 0 Å². The van der Waals surface area contributed by atoms with Crippen molar-refractivity contribution >= 4 is 28.9 Å². The van der Waals surface area contributed by atoms with E-state index < -0.39 is 5.91 Å². The normalized spacial score (nSPS) is 10.1. The van der Waals surface area contributed by atoms with Crippen molar-refractivity contribution < 1.29 is 4.79 Å². The number of rotatable bonds is 4. The van der Waals surface area contributed by atoms with Gasteiger partial charge in [-0.3, -0.25) is 9.89 Å². The second-order valence-electron chi connectivity index (χ2n) is 4.47. The van der Waals surface area contributed by atoms with Gasteiger partial charge in [0, 0.05) is 0 Å². The molecule has 0 atom stereocenters. The van der Waals surface area contributed by atoms with E-state index in [0.717, 1.165) is 18.5 Å². The Labute approximate surface area is 126 Å². The second-order valence-corrected chi connectivity index (χ2v) is 4.88. The summed E-state index contributed by atoms with van der Waals surface area (Å²) in [6.07, 6.45) is 1.61. The Kier molecular flexibility index (Phi) is 4.45. The molecule has 0 saturated carbocycles. The predicted molar refractivity (Wildman–Crippen MR) is 81.1 cm³/mol. The smallest absolute Gasteiger partial charge is 0.278 e. The maximum absolute atomic E-state index is 12.2. The molecule has 7 heteroatoms. The zero-order valence-electron chi connectivity index (χ0n) is 11.4. The molecule has 0 aliphatic rings. The van der Waals surface area contributed by atoms with Crippen LogP contribution in [0.2, 0.25) is 5.02 Å². The van der Waals surface area contributed by atoms with Gasteiger partial charge in [0.15, 0.2) is 5.69 Å². The zero-order chi connectivity index (χ0) is 15.4. The lowest BCUT2D eigenvalue weighted by Gasteiger charge is -2.06. The highest BCUT2D eigenvalue weighted by Crippen LogP contribution is 2.24. The monoisotopic (exact) mass is 303 g/mol. The summed E-state index contributed by atoms with van der Waals surface area (Å²) in [4.78, 5) is 12.2. The molecule has 0 aliphatic carbocycles. The van der Waals surface area contributed by atoms with E-state index in [2.05, 4.69) is 15.5 Å². The number of carbonyl (C=O) groups excluding carboxylic acids is 1. The van der Waals surface area contributed by atoms with E-state index in [1.165, 1.54) is 6.07 Å². The molecule has 1 heterocycles. The minimum atomic E-state index is -0.469. The molecule has 0 saturated heterocycles. The number of aromatic nitrogens is 2. The second kappa shape index (κ2) is 6.29. The van der Waals surface area contributed by atoms with Crippen molar-refractivity contribution in [2.45, 2.75) is 19.8 Å². The zero-order valence-corrected chi connectivity index (χ0v) is 12.2. The molecule has 0 radical (unpaired) electrons. The quantitative estimate of drug-likeness (QED) is 0.807. The van der Waals surface area contributed by atoms with E-state index in [4.69, 9.17) is 22.6 Å². The topological polar surface area (TPSA) is 108 Å². The van der Waals surface area contributed by atoms with Crippen molar-refractivity contribution in [2.24, 2.45) is 0 Å². The molecule has 0 unspecified atom stereocenters. The van der Waals surface area contributed by atoms with Gasteiger partial charge in [-0.2, -0.15) is 10.4 Å². The number of amides is 1. The standard InChI is InChI=1S/C14H14ClN5O/c1-2-3-10-12(17)13(20-19-10)14(21)18-11-6-8(7-16)4-5-9(11)15/h4-6H,2-3,17H2,1H3,(H,18,21)(H,19,20). The van der Waals surface area contributed by atoms with Crippen LogP contribution in [-0.2, 0) is 6.42 Å². The molecule has 0 bridgehead atoms. The van der Waals surface area contributed by atoms with Crippen molar-refractivity contribution in [3.8, 4) is 6.07 Å². The van der Waals surface area contributed by atoms with Crippen LogP contribution in [0.15, 0.2) is 18.2 Å². The highest BCUT2D eigenvalue weighted by molar-refractivity contribution is 6.34. The number of carbonyl (C=O) groups is 1. The van der Waals surface area contributed by atoms with Crippen LogP contribution in [0.5, 0.6) is 0 Å². The Balaban J connectivity index is 2.24. The number of anilines is 2. The van der Waals surface area contributed by atoms with Crippen molar-refractivity contribution in [1.82, 2.24) is 10.2 Å². The first-order valence-electron chi connectivity index (χ1n) is 6.40. The first kappa shape index (κ1) is 14.9. The van der Waals surface area contributed by atoms with Crippen LogP contribution in [0.3, 0.4) is 0 Å². The first-order chi connectivity index (χ1) is 10.1. The van der Waals surface area contributed by atoms with Crippen molar-refractivity contribution in [3.05, 3.63) is 40.2 Å². The third-order valence-electron chi connectivity index (χ3n) is 2.94. The molecule has 0 aliphatic heterocycles. The lowest BCUT2D eigenvalue weighted by atomic mass is 10.2. The molecule has 1 aromatic heterocycles. The van der Waals surface area contributed by atoms with Crippen LogP contribution < -0.4 is 11.1 Å². The summed E-state index contributed by atoms with van der Waals surface area (Å²) in [7, 11) is 0. The van der Waals surface area contributed by atoms with E-state index in [0.29, 0.717) is 22.0 Å². The van der Waals surface area contributed by atoms with Gasteiger partial charge in [-0.15, -0.1) is 0 Å². The van der Waals surface area contributed by atoms with E-state index in [-0.39, 0.29) is 5.69 Å². The number of aryl methyl sites for hydroxylation is 1. The molecule has 1 amide bonds. The van der Waals surface area contributed by atoms with Gasteiger partial charge in [0.2, 0.25) is 0 Å². The minimum Gasteiger partial charge on any atom is -0.395 e. The van der Waals surface area contributed by atoms with Crippen LogP contribution >= 0.6 is 11.6 Å². The average molecular weight is 304 g/mol. The Hall–Kier alpha value is -2.52. The van der Waals surface area contributed by atoms with Gasteiger partial charge in [0.1, 0.15) is 0 Å². The van der Waals surface area contributed by atoms with Gasteiger partial charge in [-0.05, 0) is 24.6 Å². The number of nitrogens with two attached hydrogens (primary N) is 1. The summed E-state index contributed by atoms with van der Waals surface area (Å²) in [5.74, 6) is -0.469. The molecule has 2 aromatic rings. The molecule has 1 aromatic carbocycles. The van der Waals surface area contributed by atoms with Crippen molar-refractivity contribution in [3.63, 3.8) is 0 Å². The number of H-pyrrole nitrogens is 1. The number of halogens is 1. The lowest BCUT2D eigenvalue weighted by Crippen LogP contribution is -2.14. The number of benzene rings is 1. The van der Waals surface area contributed by atoms with E-state index in [1.54, 1.807) is 12.1 Å². The van der Waals surface area contributed by atoms with Gasteiger partial charge in [0.05, 0.1) is 33.7 Å². The third kappa shape index (κ3) is 3.15. The van der Waals surface area contributed by atoms with Crippen LogP contribution in [0.25, 0.3) is 0 Å². The number of hydrogen-bond acceptors (Lipinski definition) is 4. The fraction of sp³-hybridized carbons (Fsp3) is 0.214. The van der Waals surface area contributed by atoms with E-state index in [1.807, 2.05) is 13.0 Å². The summed E-state index contributed by atoms with van der Waals surface area (Å²) >= 11 is 6.00. The van der Waals surface area contributed by atoms with Crippen molar-refractivity contribution in [2.75, 3.05) is 11.1 Å². The Morgan fingerprint density at radius 1 is 1.57 bits per heavy atom. The Morgan fingerprint density at radius 3 is 3.00 bits per heavy atom. The fourth-order valence-corrected chi connectivity index (χ4v) is 2.04. The average Bonchev–Trinajstić information content (AvgIpc) is 2.83. The van der Waals surface area contributed by atoms with Crippen LogP contribution in [0.4, 0.5) is 11.4 Å². The number of nitriles is 1. The molecule has 0 spiro atoms. The molecular formula is C14H14ClN5O. The van der Waals surface area contributed by atoms with Crippen molar-refractivity contribution in [1.29, 1.82) is 5.26 Å². The lowest BCUT2D eigenvalue weighted by molar-refractivity contribution is 0.102. The maximum Gasteiger partial charge on any atom is 0.278 e. The summed E-state index contributed by atoms with van der Waals surface area (Å²) in [5, 5.41) is 18.5. The van der Waals surface area contributed by atoms with Gasteiger partial charge in [0.25, 0.3) is 5.91 Å². The molecular weight excluding hydrogens is 290 g/mol. The number of aromatic amines is 1. The highest BCUT2D eigenvalue weighted by atomic mass is 35.5. The summed E-state index contributed by atoms with van der Waals surface area (Å²) < 4.78 is 0. The van der Waals surface area contributed by atoms with Crippen LogP contribution in [0.1, 0.15) is 35.1 Å². The Bertz CT molecular complexity index is 717. The van der Waals surface area contributed by atoms with E-state index in [9.17, 15) is 4.79 Å². The summed E-state index contributed by atoms with van der Waals surface area (Å²) in [6.45, 7) is 2.01. The van der Waals surface area contributed by atoms with Gasteiger partial charge in [-0.25, -0.2) is 0 Å². The number of hydrogen-bond donors (Lipinski definition) is 3. The first-order valence-corrected chi connectivity index (χ1v) is 6.78. The molecule has 21 heavy (non-hydrogen) atoms. The third-order valence-corrected chi connectivity index (χ3v) is 3.27. The fourth-order valence-electron chi connectivity index (χ4n) is 1.87. The van der Waals surface area contributed by atoms with Gasteiger partial charge < -0.3 is 11.1 Å². The molecule has 0 fully saturated rings.